The summed E-state index contributed by atoms with van der Waals surface area (Å²) in [4.78, 5) is 11.8. The molecule has 0 aromatic rings. The van der Waals surface area contributed by atoms with Gasteiger partial charge >= 0.3 is 6.16 Å². The van der Waals surface area contributed by atoms with Crippen LogP contribution in [0.5, 0.6) is 0 Å². The van der Waals surface area contributed by atoms with Crippen LogP contribution >= 0.6 is 0 Å². The molecule has 1 N–H and O–H groups in total. The maximum absolute atomic E-state index is 11.8. The third kappa shape index (κ3) is 1.84. The number of cyclic esters (lactones) is 1. The zero-order valence-electron chi connectivity index (χ0n) is 16.2. The molecule has 1 aliphatic heterocycles. The van der Waals surface area contributed by atoms with E-state index in [0.717, 1.165) is 32.1 Å². The van der Waals surface area contributed by atoms with Crippen molar-refractivity contribution >= 4 is 14.5 Å². The number of aliphatic hydroxyl groups is 1. The third-order valence-corrected chi connectivity index (χ3v) is 13.0. The van der Waals surface area contributed by atoms with Gasteiger partial charge in [-0.25, -0.2) is 4.79 Å². The molecule has 4 saturated carbocycles. The first-order valence-corrected chi connectivity index (χ1v) is 12.6. The molecule has 6 heteroatoms. The summed E-state index contributed by atoms with van der Waals surface area (Å²) in [6.07, 6.45) is 4.40. The zero-order valence-corrected chi connectivity index (χ0v) is 17.2. The van der Waals surface area contributed by atoms with E-state index in [0.29, 0.717) is 6.61 Å². The van der Waals surface area contributed by atoms with Crippen LogP contribution in [-0.2, 0) is 13.9 Å². The van der Waals surface area contributed by atoms with Gasteiger partial charge in [-0.1, -0.05) is 33.6 Å². The van der Waals surface area contributed by atoms with E-state index in [-0.39, 0.29) is 40.1 Å². The number of carbonyl (C=O) groups excluding carboxylic acids is 1. The molecule has 2 spiro atoms. The highest BCUT2D eigenvalue weighted by atomic mass is 28.4. The molecule has 5 atom stereocenters. The van der Waals surface area contributed by atoms with Crippen molar-refractivity contribution in [3.63, 3.8) is 0 Å². The summed E-state index contributed by atoms with van der Waals surface area (Å²) in [6, 6.07) is 0. The highest BCUT2D eigenvalue weighted by Crippen LogP contribution is 2.84. The Morgan fingerprint density at radius 1 is 1.28 bits per heavy atom. The monoisotopic (exact) mass is 368 g/mol. The predicted molar refractivity (Wildman–Crippen MR) is 95.8 cm³/mol. The van der Waals surface area contributed by atoms with E-state index in [1.165, 1.54) is 0 Å². The first-order valence-electron chi connectivity index (χ1n) is 9.68. The molecule has 2 bridgehead atoms. The van der Waals surface area contributed by atoms with Crippen molar-refractivity contribution in [3.05, 3.63) is 0 Å². The number of rotatable bonds is 3. The summed E-state index contributed by atoms with van der Waals surface area (Å²) in [5, 5.41) is 10.6. The number of carbonyl (C=O) groups is 1. The molecular weight excluding hydrogens is 336 g/mol. The van der Waals surface area contributed by atoms with Crippen LogP contribution in [0.15, 0.2) is 0 Å². The molecule has 1 unspecified atom stereocenters. The Morgan fingerprint density at radius 3 is 2.60 bits per heavy atom. The van der Waals surface area contributed by atoms with Crippen molar-refractivity contribution < 1.29 is 23.8 Å². The van der Waals surface area contributed by atoms with E-state index in [1.54, 1.807) is 0 Å². The summed E-state index contributed by atoms with van der Waals surface area (Å²) in [7, 11) is -1.96. The Balaban J connectivity index is 1.75. The minimum absolute atomic E-state index is 0.0559. The zero-order chi connectivity index (χ0) is 18.3. The predicted octanol–water partition coefficient (Wildman–Crippen LogP) is 3.86. The van der Waals surface area contributed by atoms with Crippen LogP contribution in [0, 0.1) is 16.2 Å². The minimum atomic E-state index is -1.96. The van der Waals surface area contributed by atoms with Gasteiger partial charge in [0.25, 0.3) is 0 Å². The molecule has 5 rings (SSSR count). The fourth-order valence-corrected chi connectivity index (χ4v) is 7.76. The van der Waals surface area contributed by atoms with Crippen LogP contribution in [0.4, 0.5) is 4.79 Å². The van der Waals surface area contributed by atoms with Gasteiger partial charge in [-0.3, -0.25) is 0 Å². The van der Waals surface area contributed by atoms with Gasteiger partial charge < -0.3 is 19.0 Å². The summed E-state index contributed by atoms with van der Waals surface area (Å²) >= 11 is 0. The van der Waals surface area contributed by atoms with Gasteiger partial charge in [-0.2, -0.15) is 0 Å². The van der Waals surface area contributed by atoms with Crippen molar-refractivity contribution in [1.29, 1.82) is 0 Å². The lowest BCUT2D eigenvalue weighted by Gasteiger charge is -2.71. The van der Waals surface area contributed by atoms with E-state index >= 15 is 0 Å². The minimum Gasteiger partial charge on any atom is -0.434 e. The van der Waals surface area contributed by atoms with Gasteiger partial charge in [-0.05, 0) is 37.4 Å². The summed E-state index contributed by atoms with van der Waals surface area (Å²) < 4.78 is 18.0. The largest absolute Gasteiger partial charge is 0.508 e. The molecule has 5 nitrogen and oxygen atoms in total. The third-order valence-electron chi connectivity index (χ3n) is 8.56. The number of aliphatic hydroxyl groups excluding tert-OH is 1. The lowest BCUT2D eigenvalue weighted by atomic mass is 9.36. The fourth-order valence-electron chi connectivity index (χ4n) is 6.40. The van der Waals surface area contributed by atoms with Gasteiger partial charge in [0.15, 0.2) is 8.32 Å². The second-order valence-electron chi connectivity index (χ2n) is 10.3. The SMILES string of the molecule is CC(C)(C)[Si](C)(C)O[C@H]1C[C@]23COC(=O)OC2[C@]12CCCC[C@@]32CO. The fraction of sp³-hybridized carbons (Fsp3) is 0.947. The average Bonchev–Trinajstić information content (AvgIpc) is 2.92. The number of fused-ring (bicyclic) bond motifs is 1. The second-order valence-corrected chi connectivity index (χ2v) is 15.0. The average molecular weight is 369 g/mol. The Hall–Kier alpha value is -0.593. The van der Waals surface area contributed by atoms with Crippen molar-refractivity contribution in [2.45, 2.75) is 83.2 Å². The van der Waals surface area contributed by atoms with E-state index < -0.39 is 14.5 Å². The Bertz CT molecular complexity index is 599. The van der Waals surface area contributed by atoms with E-state index in [4.69, 9.17) is 13.9 Å². The highest BCUT2D eigenvalue weighted by Gasteiger charge is 2.90. The Morgan fingerprint density at radius 2 is 1.96 bits per heavy atom. The number of ether oxygens (including phenoxy) is 2. The van der Waals surface area contributed by atoms with Crippen LogP contribution < -0.4 is 0 Å². The van der Waals surface area contributed by atoms with E-state index in [1.807, 2.05) is 0 Å². The second kappa shape index (κ2) is 5.02. The molecule has 1 saturated heterocycles. The Labute approximate surface area is 151 Å². The number of hydrogen-bond acceptors (Lipinski definition) is 5. The molecular formula is C19H32O5Si. The van der Waals surface area contributed by atoms with Crippen LogP contribution in [0.1, 0.15) is 52.9 Å². The molecule has 25 heavy (non-hydrogen) atoms. The van der Waals surface area contributed by atoms with Gasteiger partial charge in [-0.15, -0.1) is 0 Å². The van der Waals surface area contributed by atoms with Gasteiger partial charge in [0.05, 0.1) is 18.1 Å². The molecule has 0 aromatic carbocycles. The Kier molecular flexibility index (Phi) is 3.57. The first kappa shape index (κ1) is 17.8. The maximum Gasteiger partial charge on any atom is 0.508 e. The van der Waals surface area contributed by atoms with Crippen LogP contribution in [0.2, 0.25) is 18.1 Å². The van der Waals surface area contributed by atoms with Gasteiger partial charge in [0, 0.05) is 10.8 Å². The van der Waals surface area contributed by atoms with E-state index in [2.05, 4.69) is 33.9 Å². The standard InChI is InChI=1S/C19H32O5Si/c1-16(2,3)25(4,5)24-13-10-17-12-22-15(21)23-14(17)19(13)9-7-6-8-18(17,19)11-20/h13-14,20H,6-12H2,1-5H3/t13-,14?,17-,18+,19-/m0/s1. The summed E-state index contributed by atoms with van der Waals surface area (Å²) in [6.45, 7) is 11.8. The van der Waals surface area contributed by atoms with Gasteiger partial charge in [0.2, 0.25) is 0 Å². The quantitative estimate of drug-likeness (QED) is 0.605. The lowest BCUT2D eigenvalue weighted by Crippen LogP contribution is -2.78. The molecule has 1 heterocycles. The molecule has 0 aromatic heterocycles. The van der Waals surface area contributed by atoms with Crippen molar-refractivity contribution in [2.75, 3.05) is 13.2 Å². The smallest absolute Gasteiger partial charge is 0.434 e. The van der Waals surface area contributed by atoms with Gasteiger partial charge in [0.1, 0.15) is 12.7 Å². The van der Waals surface area contributed by atoms with E-state index in [9.17, 15) is 9.90 Å². The number of hydrogen-bond donors (Lipinski definition) is 1. The molecule has 5 aliphatic rings. The van der Waals surface area contributed by atoms with Crippen molar-refractivity contribution in [2.24, 2.45) is 16.2 Å². The lowest BCUT2D eigenvalue weighted by molar-refractivity contribution is -0.332. The van der Waals surface area contributed by atoms with Crippen LogP contribution in [0.3, 0.4) is 0 Å². The molecule has 0 amide bonds. The van der Waals surface area contributed by atoms with Crippen LogP contribution in [0.25, 0.3) is 0 Å². The normalized spacial score (nSPS) is 45.8. The molecule has 4 aliphatic carbocycles. The van der Waals surface area contributed by atoms with Crippen molar-refractivity contribution in [3.8, 4) is 0 Å². The maximum atomic E-state index is 11.8. The topological polar surface area (TPSA) is 65.0 Å². The first-order chi connectivity index (χ1) is 11.6. The summed E-state index contributed by atoms with van der Waals surface area (Å²) in [5.74, 6) is 0. The van der Waals surface area contributed by atoms with Crippen LogP contribution in [-0.4, -0.2) is 45.0 Å². The summed E-state index contributed by atoms with van der Waals surface area (Å²) in [5.41, 5.74) is -0.700. The molecule has 0 radical (unpaired) electrons. The highest BCUT2D eigenvalue weighted by molar-refractivity contribution is 6.74. The van der Waals surface area contributed by atoms with Crippen molar-refractivity contribution in [1.82, 2.24) is 0 Å². The molecule has 142 valence electrons. The molecule has 5 fully saturated rings.